The van der Waals surface area contributed by atoms with Gasteiger partial charge in [-0.1, -0.05) is 33.6 Å². The van der Waals surface area contributed by atoms with E-state index in [-0.39, 0.29) is 0 Å². The molecule has 1 atom stereocenters. The number of unbranched alkanes of at least 4 members (excludes halogenated alkanes) is 1. The van der Waals surface area contributed by atoms with Crippen molar-refractivity contribution in [2.45, 2.75) is 46.5 Å². The van der Waals surface area contributed by atoms with Crippen molar-refractivity contribution in [2.24, 2.45) is 11.8 Å². The first-order valence-corrected chi connectivity index (χ1v) is 7.11. The van der Waals surface area contributed by atoms with Crippen LogP contribution in [0.25, 0.3) is 0 Å². The van der Waals surface area contributed by atoms with Crippen LogP contribution in [-0.2, 0) is 0 Å². The lowest BCUT2D eigenvalue weighted by Crippen LogP contribution is -2.39. The molecule has 0 aliphatic carbocycles. The summed E-state index contributed by atoms with van der Waals surface area (Å²) < 4.78 is 0. The van der Waals surface area contributed by atoms with Crippen LogP contribution in [0.15, 0.2) is 0 Å². The lowest BCUT2D eigenvalue weighted by atomic mass is 10.1. The van der Waals surface area contributed by atoms with Crippen LogP contribution in [0.2, 0.25) is 0 Å². The summed E-state index contributed by atoms with van der Waals surface area (Å²) in [5, 5.41) is 3.51. The minimum absolute atomic E-state index is 0.811. The van der Waals surface area contributed by atoms with Gasteiger partial charge in [0.1, 0.15) is 0 Å². The van der Waals surface area contributed by atoms with Crippen molar-refractivity contribution in [1.82, 2.24) is 10.2 Å². The van der Waals surface area contributed by atoms with Gasteiger partial charge in [-0.2, -0.15) is 0 Å². The van der Waals surface area contributed by atoms with Gasteiger partial charge in [0.25, 0.3) is 0 Å². The van der Waals surface area contributed by atoms with Gasteiger partial charge in [0.2, 0.25) is 0 Å². The highest BCUT2D eigenvalue weighted by atomic mass is 15.1. The average molecular weight is 226 g/mol. The molecule has 0 aromatic heterocycles. The van der Waals surface area contributed by atoms with E-state index in [1.54, 1.807) is 0 Å². The van der Waals surface area contributed by atoms with E-state index in [9.17, 15) is 0 Å². The van der Waals surface area contributed by atoms with Gasteiger partial charge in [-0.25, -0.2) is 0 Å². The molecule has 1 aliphatic heterocycles. The van der Waals surface area contributed by atoms with E-state index in [1.807, 2.05) is 0 Å². The lowest BCUT2D eigenvalue weighted by molar-refractivity contribution is 0.211. The Morgan fingerprint density at radius 1 is 1.31 bits per heavy atom. The summed E-state index contributed by atoms with van der Waals surface area (Å²) in [4.78, 5) is 2.67. The van der Waals surface area contributed by atoms with Gasteiger partial charge in [-0.05, 0) is 50.9 Å². The molecule has 0 bridgehead atoms. The fourth-order valence-electron chi connectivity index (χ4n) is 2.46. The summed E-state index contributed by atoms with van der Waals surface area (Å²) in [5.74, 6) is 1.68. The second-order valence-electron chi connectivity index (χ2n) is 5.85. The molecule has 16 heavy (non-hydrogen) atoms. The van der Waals surface area contributed by atoms with E-state index in [1.165, 1.54) is 58.4 Å². The Kier molecular flexibility index (Phi) is 7.06. The lowest BCUT2D eigenvalue weighted by Gasteiger charge is -2.28. The van der Waals surface area contributed by atoms with Gasteiger partial charge in [-0.15, -0.1) is 0 Å². The van der Waals surface area contributed by atoms with Crippen LogP contribution >= 0.6 is 0 Å². The van der Waals surface area contributed by atoms with Gasteiger partial charge in [0, 0.05) is 6.54 Å². The molecule has 0 saturated carbocycles. The Morgan fingerprint density at radius 2 is 2.12 bits per heavy atom. The highest BCUT2D eigenvalue weighted by molar-refractivity contribution is 4.69. The molecule has 0 aromatic carbocycles. The topological polar surface area (TPSA) is 15.3 Å². The number of hydrogen-bond donors (Lipinski definition) is 1. The van der Waals surface area contributed by atoms with E-state index in [2.05, 4.69) is 31.0 Å². The zero-order valence-electron chi connectivity index (χ0n) is 11.5. The minimum atomic E-state index is 0.811. The van der Waals surface area contributed by atoms with Crippen molar-refractivity contribution >= 4 is 0 Å². The summed E-state index contributed by atoms with van der Waals surface area (Å²) in [7, 11) is 0. The number of nitrogens with zero attached hydrogens (tertiary/aromatic N) is 1. The first kappa shape index (κ1) is 14.0. The third kappa shape index (κ3) is 6.49. The van der Waals surface area contributed by atoms with E-state index < -0.39 is 0 Å². The summed E-state index contributed by atoms with van der Waals surface area (Å²) in [6, 6.07) is 0. The Hall–Kier alpha value is -0.0800. The van der Waals surface area contributed by atoms with E-state index in [4.69, 9.17) is 0 Å². The predicted molar refractivity (Wildman–Crippen MR) is 71.8 cm³/mol. The van der Waals surface area contributed by atoms with Gasteiger partial charge >= 0.3 is 0 Å². The maximum Gasteiger partial charge on any atom is 0.00191 e. The fraction of sp³-hybridized carbons (Fsp3) is 1.00. The molecule has 0 spiro atoms. The van der Waals surface area contributed by atoms with Crippen molar-refractivity contribution in [3.63, 3.8) is 0 Å². The maximum absolute atomic E-state index is 3.51. The summed E-state index contributed by atoms with van der Waals surface area (Å²) in [5.41, 5.74) is 0. The Bertz CT molecular complexity index is 168. The first-order valence-electron chi connectivity index (χ1n) is 7.11. The zero-order valence-corrected chi connectivity index (χ0v) is 11.5. The molecule has 2 nitrogen and oxygen atoms in total. The quantitative estimate of drug-likeness (QED) is 0.725. The Balaban J connectivity index is 2.12. The van der Waals surface area contributed by atoms with Crippen LogP contribution in [0.5, 0.6) is 0 Å². The van der Waals surface area contributed by atoms with Crippen molar-refractivity contribution in [2.75, 3.05) is 32.7 Å². The van der Waals surface area contributed by atoms with E-state index >= 15 is 0 Å². The van der Waals surface area contributed by atoms with Gasteiger partial charge in [0.15, 0.2) is 0 Å². The monoisotopic (exact) mass is 226 g/mol. The molecule has 1 heterocycles. The van der Waals surface area contributed by atoms with Crippen LogP contribution in [0, 0.1) is 11.8 Å². The Morgan fingerprint density at radius 3 is 2.88 bits per heavy atom. The molecule has 1 rings (SSSR count). The number of hydrogen-bond acceptors (Lipinski definition) is 2. The van der Waals surface area contributed by atoms with E-state index in [0.717, 1.165) is 11.8 Å². The van der Waals surface area contributed by atoms with E-state index in [0.29, 0.717) is 0 Å². The normalized spacial score (nSPS) is 24.4. The van der Waals surface area contributed by atoms with Crippen LogP contribution in [0.1, 0.15) is 46.5 Å². The zero-order chi connectivity index (χ0) is 11.8. The summed E-state index contributed by atoms with van der Waals surface area (Å²) >= 11 is 0. The molecule has 2 heteroatoms. The molecule has 0 amide bonds. The molecular formula is C14H30N2. The highest BCUT2D eigenvalue weighted by Crippen LogP contribution is 2.09. The smallest absolute Gasteiger partial charge is 0.00191 e. The molecule has 96 valence electrons. The molecule has 1 saturated heterocycles. The fourth-order valence-corrected chi connectivity index (χ4v) is 2.46. The maximum atomic E-state index is 3.51. The average Bonchev–Trinajstić information content (AvgIpc) is 2.19. The van der Waals surface area contributed by atoms with Gasteiger partial charge in [-0.3, -0.25) is 0 Å². The molecule has 1 aliphatic rings. The van der Waals surface area contributed by atoms with Crippen molar-refractivity contribution in [1.29, 1.82) is 0 Å². The Labute approximate surface area is 102 Å². The predicted octanol–water partition coefficient (Wildman–Crippen LogP) is 2.74. The standard InChI is InChI=1S/C14H30N2/c1-13(2)7-4-5-9-16-10-6-8-15-11-14(3)12-16/h13-15H,4-12H2,1-3H3. The highest BCUT2D eigenvalue weighted by Gasteiger charge is 2.12. The third-order valence-corrected chi connectivity index (χ3v) is 3.40. The first-order chi connectivity index (χ1) is 7.68. The van der Waals surface area contributed by atoms with Crippen molar-refractivity contribution < 1.29 is 0 Å². The molecule has 1 N–H and O–H groups in total. The summed E-state index contributed by atoms with van der Waals surface area (Å²) in [6.07, 6.45) is 5.50. The number of rotatable bonds is 5. The molecule has 1 unspecified atom stereocenters. The third-order valence-electron chi connectivity index (χ3n) is 3.40. The number of nitrogens with one attached hydrogen (secondary N) is 1. The van der Waals surface area contributed by atoms with Crippen molar-refractivity contribution in [3.05, 3.63) is 0 Å². The molecule has 0 radical (unpaired) electrons. The second-order valence-corrected chi connectivity index (χ2v) is 5.85. The molecule has 1 fully saturated rings. The largest absolute Gasteiger partial charge is 0.316 e. The van der Waals surface area contributed by atoms with Crippen LogP contribution < -0.4 is 5.32 Å². The minimum Gasteiger partial charge on any atom is -0.316 e. The van der Waals surface area contributed by atoms with Gasteiger partial charge < -0.3 is 10.2 Å². The van der Waals surface area contributed by atoms with Crippen LogP contribution in [-0.4, -0.2) is 37.6 Å². The van der Waals surface area contributed by atoms with Crippen LogP contribution in [0.4, 0.5) is 0 Å². The molecular weight excluding hydrogens is 196 g/mol. The summed E-state index contributed by atoms with van der Waals surface area (Å²) in [6.45, 7) is 13.3. The SMILES string of the molecule is CC(C)CCCCN1CCCNCC(C)C1. The van der Waals surface area contributed by atoms with Gasteiger partial charge in [0.05, 0.1) is 0 Å². The molecule has 0 aromatic rings. The van der Waals surface area contributed by atoms with Crippen molar-refractivity contribution in [3.8, 4) is 0 Å². The van der Waals surface area contributed by atoms with Crippen LogP contribution in [0.3, 0.4) is 0 Å². The second kappa shape index (κ2) is 8.08.